The Labute approximate surface area is 174 Å². The Kier molecular flexibility index (Phi) is 7.16. The van der Waals surface area contributed by atoms with E-state index in [1.807, 2.05) is 24.3 Å². The van der Waals surface area contributed by atoms with E-state index in [4.69, 9.17) is 4.42 Å². The fraction of sp³-hybridized carbons (Fsp3) is 0.150. The first-order chi connectivity index (χ1) is 13.6. The van der Waals surface area contributed by atoms with Crippen LogP contribution in [0.3, 0.4) is 0 Å². The second kappa shape index (κ2) is 10.0. The van der Waals surface area contributed by atoms with Gasteiger partial charge in [-0.1, -0.05) is 28.1 Å². The minimum atomic E-state index is -0.282. The monoisotopic (exact) mass is 459 g/mol. The number of hydrogen-bond acceptors (Lipinski definition) is 5. The Morgan fingerprint density at radius 2 is 2.04 bits per heavy atom. The highest BCUT2D eigenvalue weighted by molar-refractivity contribution is 9.10. The van der Waals surface area contributed by atoms with Gasteiger partial charge in [-0.15, -0.1) is 11.3 Å². The van der Waals surface area contributed by atoms with Gasteiger partial charge in [-0.3, -0.25) is 9.59 Å². The molecule has 144 valence electrons. The molecule has 0 aliphatic carbocycles. The van der Waals surface area contributed by atoms with Gasteiger partial charge in [0.25, 0.3) is 0 Å². The van der Waals surface area contributed by atoms with Gasteiger partial charge in [0.15, 0.2) is 5.13 Å². The van der Waals surface area contributed by atoms with Crippen LogP contribution >= 0.6 is 27.3 Å². The fourth-order valence-corrected chi connectivity index (χ4v) is 3.46. The Balaban J connectivity index is 1.39. The number of thiazole rings is 1. The number of hydrogen-bond donors (Lipinski definition) is 2. The third-order valence-electron chi connectivity index (χ3n) is 3.68. The van der Waals surface area contributed by atoms with Crippen LogP contribution in [0, 0.1) is 0 Å². The van der Waals surface area contributed by atoms with E-state index in [0.717, 1.165) is 15.8 Å². The summed E-state index contributed by atoms with van der Waals surface area (Å²) in [6.07, 6.45) is 7.17. The Hall–Kier alpha value is -2.71. The molecule has 8 heteroatoms. The normalized spacial score (nSPS) is 10.9. The molecule has 0 aliphatic rings. The van der Waals surface area contributed by atoms with E-state index in [2.05, 4.69) is 31.5 Å². The van der Waals surface area contributed by atoms with Gasteiger partial charge < -0.3 is 15.1 Å². The highest BCUT2D eigenvalue weighted by Crippen LogP contribution is 2.22. The van der Waals surface area contributed by atoms with Crippen molar-refractivity contribution in [2.75, 3.05) is 11.9 Å². The summed E-state index contributed by atoms with van der Waals surface area (Å²) in [5.41, 5.74) is 1.18. The van der Waals surface area contributed by atoms with Crippen LogP contribution in [0.25, 0.3) is 6.08 Å². The van der Waals surface area contributed by atoms with Crippen molar-refractivity contribution < 1.29 is 14.0 Å². The van der Waals surface area contributed by atoms with E-state index < -0.39 is 0 Å². The predicted octanol–water partition coefficient (Wildman–Crippen LogP) is 4.25. The molecule has 3 rings (SSSR count). The summed E-state index contributed by atoms with van der Waals surface area (Å²) in [5.74, 6) is 0.116. The number of carbonyl (C=O) groups excluding carboxylic acids is 2. The molecule has 6 nitrogen and oxygen atoms in total. The van der Waals surface area contributed by atoms with Crippen LogP contribution < -0.4 is 10.6 Å². The van der Waals surface area contributed by atoms with Gasteiger partial charge in [-0.2, -0.15) is 0 Å². The van der Waals surface area contributed by atoms with Crippen molar-refractivity contribution in [1.82, 2.24) is 10.3 Å². The van der Waals surface area contributed by atoms with E-state index in [0.29, 0.717) is 10.9 Å². The molecule has 28 heavy (non-hydrogen) atoms. The van der Waals surface area contributed by atoms with Crippen LogP contribution in [0.5, 0.6) is 0 Å². The number of carbonyl (C=O) groups is 2. The van der Waals surface area contributed by atoms with Crippen molar-refractivity contribution in [3.63, 3.8) is 0 Å². The number of amides is 2. The molecule has 2 N–H and O–H groups in total. The molecule has 1 aromatic carbocycles. The lowest BCUT2D eigenvalue weighted by Gasteiger charge is -2.02. The van der Waals surface area contributed by atoms with Crippen molar-refractivity contribution in [2.24, 2.45) is 0 Å². The predicted molar refractivity (Wildman–Crippen MR) is 113 cm³/mol. The first kappa shape index (κ1) is 20.0. The first-order valence-corrected chi connectivity index (χ1v) is 10.2. The molecule has 2 amide bonds. The molecule has 0 radical (unpaired) electrons. The van der Waals surface area contributed by atoms with Gasteiger partial charge >= 0.3 is 0 Å². The number of anilines is 1. The molecule has 2 heterocycles. The highest BCUT2D eigenvalue weighted by Gasteiger charge is 2.08. The van der Waals surface area contributed by atoms with E-state index in [-0.39, 0.29) is 24.8 Å². The second-order valence-electron chi connectivity index (χ2n) is 5.87. The van der Waals surface area contributed by atoms with Crippen LogP contribution in [-0.2, 0) is 16.0 Å². The van der Waals surface area contributed by atoms with E-state index in [1.165, 1.54) is 29.2 Å². The molecule has 0 spiro atoms. The van der Waals surface area contributed by atoms with Gasteiger partial charge in [0, 0.05) is 41.0 Å². The number of halogens is 1. The summed E-state index contributed by atoms with van der Waals surface area (Å²) in [7, 11) is 0. The van der Waals surface area contributed by atoms with Gasteiger partial charge in [0.1, 0.15) is 5.76 Å². The molecule has 2 aromatic heterocycles. The van der Waals surface area contributed by atoms with Crippen molar-refractivity contribution in [1.29, 1.82) is 0 Å². The third kappa shape index (κ3) is 6.47. The lowest BCUT2D eigenvalue weighted by atomic mass is 10.1. The lowest BCUT2D eigenvalue weighted by Crippen LogP contribution is -2.26. The maximum Gasteiger partial charge on any atom is 0.244 e. The zero-order valence-corrected chi connectivity index (χ0v) is 17.3. The van der Waals surface area contributed by atoms with Crippen LogP contribution in [0.1, 0.15) is 22.6 Å². The van der Waals surface area contributed by atoms with Crippen molar-refractivity contribution in [3.8, 4) is 0 Å². The van der Waals surface area contributed by atoms with Gasteiger partial charge in [-0.05, 0) is 35.9 Å². The maximum absolute atomic E-state index is 12.0. The van der Waals surface area contributed by atoms with Crippen LogP contribution in [0.2, 0.25) is 0 Å². The minimum Gasteiger partial charge on any atom is -0.465 e. The topological polar surface area (TPSA) is 84.2 Å². The summed E-state index contributed by atoms with van der Waals surface area (Å²) in [6.45, 7) is 0.240. The Morgan fingerprint density at radius 3 is 2.79 bits per heavy atom. The molecule has 0 unspecified atom stereocenters. The first-order valence-electron chi connectivity index (χ1n) is 8.57. The molecule has 3 aromatic rings. The molecule has 0 fully saturated rings. The number of rotatable bonds is 8. The lowest BCUT2D eigenvalue weighted by molar-refractivity contribution is -0.117. The molecule has 0 aliphatic heterocycles. The maximum atomic E-state index is 12.0. The SMILES string of the molecule is O=C(/C=C/c1ccco1)NCCC(=O)Nc1ncc(Cc2ccc(Br)cc2)s1. The van der Waals surface area contributed by atoms with Crippen LogP contribution in [-0.4, -0.2) is 23.3 Å². The second-order valence-corrected chi connectivity index (χ2v) is 7.90. The highest BCUT2D eigenvalue weighted by atomic mass is 79.9. The summed E-state index contributed by atoms with van der Waals surface area (Å²) >= 11 is 4.86. The van der Waals surface area contributed by atoms with E-state index >= 15 is 0 Å². The van der Waals surface area contributed by atoms with Crippen molar-refractivity contribution >= 4 is 50.3 Å². The number of benzene rings is 1. The summed E-state index contributed by atoms with van der Waals surface area (Å²) < 4.78 is 6.14. The number of furan rings is 1. The Morgan fingerprint density at radius 1 is 1.21 bits per heavy atom. The van der Waals surface area contributed by atoms with Gasteiger partial charge in [0.2, 0.25) is 11.8 Å². The average Bonchev–Trinajstić information content (AvgIpc) is 3.34. The standard InChI is InChI=1S/C20H18BrN3O3S/c21-15-5-3-14(4-6-15)12-17-13-23-20(28-17)24-19(26)9-10-22-18(25)8-7-16-2-1-11-27-16/h1-8,11,13H,9-10,12H2,(H,22,25)(H,23,24,26)/b8-7+. The molecule has 0 saturated carbocycles. The van der Waals surface area contributed by atoms with Gasteiger partial charge in [-0.25, -0.2) is 4.98 Å². The Bertz CT molecular complexity index is 950. The van der Waals surface area contributed by atoms with Crippen molar-refractivity contribution in [2.45, 2.75) is 12.8 Å². The molecular formula is C20H18BrN3O3S. The largest absolute Gasteiger partial charge is 0.465 e. The average molecular weight is 460 g/mol. The summed E-state index contributed by atoms with van der Waals surface area (Å²) in [6, 6.07) is 11.6. The molecule has 0 atom stereocenters. The van der Waals surface area contributed by atoms with Gasteiger partial charge in [0.05, 0.1) is 6.26 Å². The summed E-state index contributed by atoms with van der Waals surface area (Å²) in [5, 5.41) is 5.97. The minimum absolute atomic E-state index is 0.169. The van der Waals surface area contributed by atoms with E-state index in [9.17, 15) is 9.59 Å². The van der Waals surface area contributed by atoms with Crippen LogP contribution in [0.4, 0.5) is 5.13 Å². The number of nitrogens with zero attached hydrogens (tertiary/aromatic N) is 1. The molecule has 0 bridgehead atoms. The fourth-order valence-electron chi connectivity index (χ4n) is 2.33. The van der Waals surface area contributed by atoms with Crippen LogP contribution in [0.15, 0.2) is 63.8 Å². The smallest absolute Gasteiger partial charge is 0.244 e. The number of aromatic nitrogens is 1. The molecule has 0 saturated heterocycles. The molecular weight excluding hydrogens is 442 g/mol. The third-order valence-corrected chi connectivity index (χ3v) is 5.13. The zero-order valence-electron chi connectivity index (χ0n) is 14.9. The van der Waals surface area contributed by atoms with E-state index in [1.54, 1.807) is 24.4 Å². The quantitative estimate of drug-likeness (QED) is 0.493. The number of nitrogens with one attached hydrogen (secondary N) is 2. The summed E-state index contributed by atoms with van der Waals surface area (Å²) in [4.78, 5) is 29.0. The zero-order chi connectivity index (χ0) is 19.8. The van der Waals surface area contributed by atoms with Crippen molar-refractivity contribution in [3.05, 3.63) is 75.6 Å².